The number of benzene rings is 1. The van der Waals surface area contributed by atoms with Crippen LogP contribution in [0.15, 0.2) is 29.2 Å². The van der Waals surface area contributed by atoms with Gasteiger partial charge in [0.1, 0.15) is 0 Å². The number of methoxy groups -OCH3 is 1. The Morgan fingerprint density at radius 1 is 1.32 bits per heavy atom. The summed E-state index contributed by atoms with van der Waals surface area (Å²) in [5, 5.41) is 0. The highest BCUT2D eigenvalue weighted by Crippen LogP contribution is 2.11. The average Bonchev–Trinajstić information content (AvgIpc) is 2.35. The van der Waals surface area contributed by atoms with Gasteiger partial charge in [-0.3, -0.25) is 0 Å². The molecule has 0 saturated carbocycles. The molecule has 0 atom stereocenters. The van der Waals surface area contributed by atoms with Crippen LogP contribution in [-0.4, -0.2) is 33.6 Å². The van der Waals surface area contributed by atoms with Crippen molar-refractivity contribution in [1.82, 2.24) is 4.72 Å². The lowest BCUT2D eigenvalue weighted by Gasteiger charge is -2.18. The average molecular weight is 286 g/mol. The first-order valence-corrected chi connectivity index (χ1v) is 7.11. The molecule has 0 amide bonds. The Hall–Kier alpha value is -1.44. The highest BCUT2D eigenvalue weighted by molar-refractivity contribution is 7.89. The van der Waals surface area contributed by atoms with Gasteiger partial charge >= 0.3 is 5.97 Å². The molecule has 106 valence electrons. The predicted octanol–water partition coefficient (Wildman–Crippen LogP) is 0.489. The standard InChI is InChI=1S/C12H18N2O4S/c1-12(2,13)8-14-19(16,17)10-6-4-9(5-7-10)11(15)18-3/h4-7,14H,8,13H2,1-3H3. The molecule has 0 saturated heterocycles. The number of nitrogens with two attached hydrogens (primary N) is 1. The van der Waals surface area contributed by atoms with Gasteiger partial charge in [-0.1, -0.05) is 0 Å². The number of hydrogen-bond acceptors (Lipinski definition) is 5. The first kappa shape index (κ1) is 15.6. The molecular weight excluding hydrogens is 268 g/mol. The molecule has 0 radical (unpaired) electrons. The van der Waals surface area contributed by atoms with E-state index in [9.17, 15) is 13.2 Å². The topological polar surface area (TPSA) is 98.5 Å². The molecule has 1 aromatic carbocycles. The summed E-state index contributed by atoms with van der Waals surface area (Å²) in [5.74, 6) is -0.514. The molecule has 0 aliphatic carbocycles. The molecule has 7 heteroatoms. The molecule has 0 aliphatic rings. The molecule has 0 unspecified atom stereocenters. The highest BCUT2D eigenvalue weighted by Gasteiger charge is 2.19. The molecule has 19 heavy (non-hydrogen) atoms. The molecule has 6 nitrogen and oxygen atoms in total. The molecule has 0 bridgehead atoms. The minimum absolute atomic E-state index is 0.0735. The molecule has 0 fully saturated rings. The number of rotatable bonds is 5. The molecule has 1 aromatic rings. The van der Waals surface area contributed by atoms with E-state index in [1.165, 1.54) is 31.4 Å². The Morgan fingerprint density at radius 3 is 2.26 bits per heavy atom. The van der Waals surface area contributed by atoms with Gasteiger partial charge in [-0.2, -0.15) is 0 Å². The Kier molecular flexibility index (Phi) is 4.67. The summed E-state index contributed by atoms with van der Waals surface area (Å²) in [6.45, 7) is 3.56. The summed E-state index contributed by atoms with van der Waals surface area (Å²) >= 11 is 0. The zero-order chi connectivity index (χ0) is 14.7. The number of sulfonamides is 1. The number of carbonyl (C=O) groups excluding carboxylic acids is 1. The first-order chi connectivity index (χ1) is 8.65. The third-order valence-corrected chi connectivity index (χ3v) is 3.72. The van der Waals surface area contributed by atoms with Crippen molar-refractivity contribution in [1.29, 1.82) is 0 Å². The Labute approximate surface area is 113 Å². The van der Waals surface area contributed by atoms with Gasteiger partial charge in [-0.05, 0) is 38.1 Å². The van der Waals surface area contributed by atoms with Gasteiger partial charge < -0.3 is 10.5 Å². The van der Waals surface area contributed by atoms with Crippen LogP contribution in [-0.2, 0) is 14.8 Å². The van der Waals surface area contributed by atoms with Gasteiger partial charge in [0.2, 0.25) is 10.0 Å². The van der Waals surface area contributed by atoms with Crippen LogP contribution >= 0.6 is 0 Å². The SMILES string of the molecule is COC(=O)c1ccc(S(=O)(=O)NCC(C)(C)N)cc1. The number of esters is 1. The predicted molar refractivity (Wildman–Crippen MR) is 71.2 cm³/mol. The smallest absolute Gasteiger partial charge is 0.337 e. The van der Waals surface area contributed by atoms with E-state index in [0.29, 0.717) is 5.56 Å². The molecule has 3 N–H and O–H groups in total. The monoisotopic (exact) mass is 286 g/mol. The number of carbonyl (C=O) groups is 1. The maximum absolute atomic E-state index is 11.9. The zero-order valence-corrected chi connectivity index (χ0v) is 12.0. The van der Waals surface area contributed by atoms with Crippen molar-refractivity contribution in [2.75, 3.05) is 13.7 Å². The van der Waals surface area contributed by atoms with E-state index >= 15 is 0 Å². The Morgan fingerprint density at radius 2 is 1.84 bits per heavy atom. The maximum atomic E-state index is 11.9. The van der Waals surface area contributed by atoms with Crippen LogP contribution in [0.25, 0.3) is 0 Å². The lowest BCUT2D eigenvalue weighted by atomic mass is 10.1. The van der Waals surface area contributed by atoms with Crippen molar-refractivity contribution in [2.24, 2.45) is 5.73 Å². The maximum Gasteiger partial charge on any atom is 0.337 e. The lowest BCUT2D eigenvalue weighted by molar-refractivity contribution is 0.0600. The normalized spacial score (nSPS) is 12.2. The third kappa shape index (κ3) is 4.62. The van der Waals surface area contributed by atoms with Crippen LogP contribution in [0.3, 0.4) is 0 Å². The second-order valence-electron chi connectivity index (χ2n) is 4.83. The van der Waals surface area contributed by atoms with E-state index in [0.717, 1.165) is 0 Å². The lowest BCUT2D eigenvalue weighted by Crippen LogP contribution is -2.45. The van der Waals surface area contributed by atoms with Crippen molar-refractivity contribution in [3.8, 4) is 0 Å². The number of ether oxygens (including phenoxy) is 1. The van der Waals surface area contributed by atoms with Gasteiger partial charge in [0, 0.05) is 12.1 Å². The van der Waals surface area contributed by atoms with Crippen LogP contribution in [0.2, 0.25) is 0 Å². The molecule has 0 aliphatic heterocycles. The Bertz CT molecular complexity index is 544. The molecular formula is C12H18N2O4S. The van der Waals surface area contributed by atoms with Crippen LogP contribution in [0.5, 0.6) is 0 Å². The summed E-state index contributed by atoms with van der Waals surface area (Å²) in [7, 11) is -2.36. The van der Waals surface area contributed by atoms with Crippen LogP contribution in [0.4, 0.5) is 0 Å². The third-order valence-electron chi connectivity index (χ3n) is 2.30. The molecule has 0 aromatic heterocycles. The fourth-order valence-corrected chi connectivity index (χ4v) is 2.48. The minimum atomic E-state index is -3.62. The van der Waals surface area contributed by atoms with E-state index in [4.69, 9.17) is 5.73 Å². The van der Waals surface area contributed by atoms with Crippen LogP contribution in [0, 0.1) is 0 Å². The van der Waals surface area contributed by atoms with Crippen molar-refractivity contribution in [3.63, 3.8) is 0 Å². The summed E-state index contributed by atoms with van der Waals surface area (Å²) in [6, 6.07) is 5.48. The summed E-state index contributed by atoms with van der Waals surface area (Å²) in [4.78, 5) is 11.3. The molecule has 0 heterocycles. The largest absolute Gasteiger partial charge is 0.465 e. The van der Waals surface area contributed by atoms with E-state index in [1.807, 2.05) is 0 Å². The first-order valence-electron chi connectivity index (χ1n) is 5.63. The summed E-state index contributed by atoms with van der Waals surface area (Å²) < 4.78 is 30.8. The van der Waals surface area contributed by atoms with Gasteiger partial charge in [0.05, 0.1) is 17.6 Å². The molecule has 1 rings (SSSR count). The fourth-order valence-electron chi connectivity index (χ4n) is 1.25. The van der Waals surface area contributed by atoms with Crippen molar-refractivity contribution >= 4 is 16.0 Å². The van der Waals surface area contributed by atoms with E-state index < -0.39 is 21.5 Å². The quantitative estimate of drug-likeness (QED) is 0.767. The van der Waals surface area contributed by atoms with Gasteiger partial charge in [0.15, 0.2) is 0 Å². The minimum Gasteiger partial charge on any atom is -0.465 e. The number of hydrogen-bond donors (Lipinski definition) is 2. The van der Waals surface area contributed by atoms with E-state index in [2.05, 4.69) is 9.46 Å². The van der Waals surface area contributed by atoms with E-state index in [-0.39, 0.29) is 11.4 Å². The fraction of sp³-hybridized carbons (Fsp3) is 0.417. The Balaban J connectivity index is 2.88. The summed E-state index contributed by atoms with van der Waals surface area (Å²) in [5.41, 5.74) is 5.37. The van der Waals surface area contributed by atoms with Crippen LogP contribution < -0.4 is 10.5 Å². The van der Waals surface area contributed by atoms with Crippen LogP contribution in [0.1, 0.15) is 24.2 Å². The zero-order valence-electron chi connectivity index (χ0n) is 11.1. The van der Waals surface area contributed by atoms with Gasteiger partial charge in [-0.15, -0.1) is 0 Å². The highest BCUT2D eigenvalue weighted by atomic mass is 32.2. The van der Waals surface area contributed by atoms with Crippen molar-refractivity contribution in [2.45, 2.75) is 24.3 Å². The van der Waals surface area contributed by atoms with Crippen molar-refractivity contribution < 1.29 is 17.9 Å². The number of nitrogens with one attached hydrogen (secondary N) is 1. The van der Waals surface area contributed by atoms with E-state index in [1.54, 1.807) is 13.8 Å². The molecule has 0 spiro atoms. The second-order valence-corrected chi connectivity index (χ2v) is 6.60. The second kappa shape index (κ2) is 5.68. The van der Waals surface area contributed by atoms with Crippen molar-refractivity contribution in [3.05, 3.63) is 29.8 Å². The summed E-state index contributed by atoms with van der Waals surface area (Å²) in [6.07, 6.45) is 0. The van der Waals surface area contributed by atoms with Gasteiger partial charge in [0.25, 0.3) is 0 Å². The van der Waals surface area contributed by atoms with Gasteiger partial charge in [-0.25, -0.2) is 17.9 Å².